The van der Waals surface area contributed by atoms with Crippen LogP contribution in [0.3, 0.4) is 0 Å². The van der Waals surface area contributed by atoms with E-state index in [1.54, 1.807) is 12.4 Å². The largest absolute Gasteiger partial charge is 0.352 e. The highest BCUT2D eigenvalue weighted by Crippen LogP contribution is 2.58. The second-order valence-electron chi connectivity index (χ2n) is 7.68. The molecule has 1 spiro atoms. The second-order valence-corrected chi connectivity index (χ2v) is 7.68. The molecule has 1 aromatic heterocycles. The molecule has 2 saturated carbocycles. The Kier molecular flexibility index (Phi) is 4.02. The van der Waals surface area contributed by atoms with E-state index in [1.807, 2.05) is 17.0 Å². The van der Waals surface area contributed by atoms with Crippen LogP contribution >= 0.6 is 0 Å². The maximum Gasteiger partial charge on any atom is 0.225 e. The van der Waals surface area contributed by atoms with Crippen molar-refractivity contribution in [2.75, 3.05) is 13.1 Å². The van der Waals surface area contributed by atoms with Crippen LogP contribution in [0.2, 0.25) is 0 Å². The molecule has 3 fully saturated rings. The zero-order valence-corrected chi connectivity index (χ0v) is 14.0. The number of carbonyl (C=O) groups excluding carboxylic acids is 2. The standard InChI is InChI=1S/C19H25N3O2/c23-17(21-12-14-5-8-20-9-6-14)16-11-19(16)7-10-22(13-19)18(24)15-3-1-2-4-15/h5-6,8-9,15-16H,1-4,7,10-13H2,(H,21,23)/t16-,19+/m0/s1. The highest BCUT2D eigenvalue weighted by atomic mass is 16.2. The molecule has 1 N–H and O–H groups in total. The van der Waals surface area contributed by atoms with E-state index < -0.39 is 0 Å². The van der Waals surface area contributed by atoms with Gasteiger partial charge in [-0.1, -0.05) is 12.8 Å². The number of hydrogen-bond acceptors (Lipinski definition) is 3. The van der Waals surface area contributed by atoms with Gasteiger partial charge in [-0.2, -0.15) is 0 Å². The van der Waals surface area contributed by atoms with Crippen molar-refractivity contribution >= 4 is 11.8 Å². The molecule has 2 aliphatic carbocycles. The fraction of sp³-hybridized carbons (Fsp3) is 0.632. The van der Waals surface area contributed by atoms with Crippen LogP contribution in [0.15, 0.2) is 24.5 Å². The van der Waals surface area contributed by atoms with Gasteiger partial charge in [0.2, 0.25) is 11.8 Å². The first-order valence-electron chi connectivity index (χ1n) is 9.13. The molecule has 0 unspecified atom stereocenters. The van der Waals surface area contributed by atoms with Crippen molar-refractivity contribution in [1.82, 2.24) is 15.2 Å². The van der Waals surface area contributed by atoms with Gasteiger partial charge in [0.15, 0.2) is 0 Å². The normalized spacial score (nSPS) is 29.2. The Morgan fingerprint density at radius 2 is 2.00 bits per heavy atom. The van der Waals surface area contributed by atoms with Crippen LogP contribution < -0.4 is 5.32 Å². The van der Waals surface area contributed by atoms with Gasteiger partial charge in [0.1, 0.15) is 0 Å². The predicted molar refractivity (Wildman–Crippen MR) is 89.8 cm³/mol. The summed E-state index contributed by atoms with van der Waals surface area (Å²) in [5.74, 6) is 0.813. The molecule has 2 heterocycles. The van der Waals surface area contributed by atoms with Crippen molar-refractivity contribution in [3.63, 3.8) is 0 Å². The summed E-state index contributed by atoms with van der Waals surface area (Å²) in [6, 6.07) is 3.83. The maximum absolute atomic E-state index is 12.6. The molecule has 0 bridgehead atoms. The molecule has 5 heteroatoms. The minimum absolute atomic E-state index is 0.0661. The van der Waals surface area contributed by atoms with Gasteiger partial charge < -0.3 is 10.2 Å². The second kappa shape index (κ2) is 6.19. The van der Waals surface area contributed by atoms with Crippen LogP contribution in [0.1, 0.15) is 44.1 Å². The average molecular weight is 327 g/mol. The number of pyridine rings is 1. The van der Waals surface area contributed by atoms with Crippen LogP contribution in [0, 0.1) is 17.3 Å². The third-order valence-corrected chi connectivity index (χ3v) is 6.12. The molecule has 1 saturated heterocycles. The number of rotatable bonds is 4. The van der Waals surface area contributed by atoms with E-state index in [0.29, 0.717) is 12.5 Å². The van der Waals surface area contributed by atoms with Crippen LogP contribution in [-0.2, 0) is 16.1 Å². The first-order chi connectivity index (χ1) is 11.7. The minimum Gasteiger partial charge on any atom is -0.352 e. The summed E-state index contributed by atoms with van der Waals surface area (Å²) >= 11 is 0. The van der Waals surface area contributed by atoms with Gasteiger partial charge >= 0.3 is 0 Å². The molecule has 5 nitrogen and oxygen atoms in total. The lowest BCUT2D eigenvalue weighted by molar-refractivity contribution is -0.134. The topological polar surface area (TPSA) is 62.3 Å². The van der Waals surface area contributed by atoms with Crippen molar-refractivity contribution in [1.29, 1.82) is 0 Å². The lowest BCUT2D eigenvalue weighted by Crippen LogP contribution is -2.34. The van der Waals surface area contributed by atoms with E-state index in [1.165, 1.54) is 12.8 Å². The summed E-state index contributed by atoms with van der Waals surface area (Å²) in [6.07, 6.45) is 9.89. The Morgan fingerprint density at radius 1 is 1.25 bits per heavy atom. The summed E-state index contributed by atoms with van der Waals surface area (Å²) in [7, 11) is 0. The smallest absolute Gasteiger partial charge is 0.225 e. The minimum atomic E-state index is 0.0661. The summed E-state index contributed by atoms with van der Waals surface area (Å²) in [6.45, 7) is 2.18. The molecule has 1 aromatic rings. The zero-order valence-electron chi connectivity index (χ0n) is 14.0. The zero-order chi connectivity index (χ0) is 16.6. The van der Waals surface area contributed by atoms with E-state index >= 15 is 0 Å². The van der Waals surface area contributed by atoms with Gasteiger partial charge in [-0.3, -0.25) is 14.6 Å². The molecule has 0 radical (unpaired) electrons. The van der Waals surface area contributed by atoms with E-state index in [2.05, 4.69) is 10.3 Å². The van der Waals surface area contributed by atoms with Crippen LogP contribution in [-0.4, -0.2) is 34.8 Å². The van der Waals surface area contributed by atoms with Crippen molar-refractivity contribution in [3.8, 4) is 0 Å². The summed E-state index contributed by atoms with van der Waals surface area (Å²) in [4.78, 5) is 31.0. The Balaban J connectivity index is 1.29. The van der Waals surface area contributed by atoms with Crippen molar-refractivity contribution in [2.45, 2.75) is 45.1 Å². The number of hydrogen-bond donors (Lipinski definition) is 1. The van der Waals surface area contributed by atoms with E-state index in [4.69, 9.17) is 0 Å². The molecule has 24 heavy (non-hydrogen) atoms. The van der Waals surface area contributed by atoms with Crippen LogP contribution in [0.4, 0.5) is 0 Å². The third kappa shape index (κ3) is 2.92. The van der Waals surface area contributed by atoms with Crippen LogP contribution in [0.25, 0.3) is 0 Å². The Bertz CT molecular complexity index is 627. The number of amides is 2. The number of nitrogens with zero attached hydrogens (tertiary/aromatic N) is 2. The fourth-order valence-electron chi connectivity index (χ4n) is 4.50. The molecule has 1 aliphatic heterocycles. The van der Waals surface area contributed by atoms with Gasteiger partial charge in [-0.05, 0) is 43.4 Å². The summed E-state index contributed by atoms with van der Waals surface area (Å²) in [5, 5.41) is 3.04. The number of likely N-dealkylation sites (tertiary alicyclic amines) is 1. The van der Waals surface area contributed by atoms with Crippen molar-refractivity contribution < 1.29 is 9.59 Å². The van der Waals surface area contributed by atoms with Crippen molar-refractivity contribution in [3.05, 3.63) is 30.1 Å². The summed E-state index contributed by atoms with van der Waals surface area (Å²) < 4.78 is 0. The first kappa shape index (κ1) is 15.6. The SMILES string of the molecule is O=C(NCc1ccncc1)[C@@H]1C[C@@]12CCN(C(=O)C1CCCC1)C2. The molecule has 2 atom stereocenters. The van der Waals surface area contributed by atoms with E-state index in [0.717, 1.165) is 44.3 Å². The van der Waals surface area contributed by atoms with Gasteiger partial charge in [0.05, 0.1) is 0 Å². The Morgan fingerprint density at radius 3 is 2.75 bits per heavy atom. The van der Waals surface area contributed by atoms with E-state index in [-0.39, 0.29) is 23.2 Å². The lowest BCUT2D eigenvalue weighted by Gasteiger charge is -2.20. The van der Waals surface area contributed by atoms with Gasteiger partial charge in [-0.25, -0.2) is 0 Å². The number of aromatic nitrogens is 1. The fourth-order valence-corrected chi connectivity index (χ4v) is 4.50. The number of nitrogens with one attached hydrogen (secondary N) is 1. The molecule has 2 amide bonds. The molecular formula is C19H25N3O2. The third-order valence-electron chi connectivity index (χ3n) is 6.12. The Labute approximate surface area is 142 Å². The van der Waals surface area contributed by atoms with E-state index in [9.17, 15) is 9.59 Å². The quantitative estimate of drug-likeness (QED) is 0.921. The predicted octanol–water partition coefficient (Wildman–Crippen LogP) is 2.13. The van der Waals surface area contributed by atoms with Crippen LogP contribution in [0.5, 0.6) is 0 Å². The monoisotopic (exact) mass is 327 g/mol. The highest BCUT2D eigenvalue weighted by Gasteiger charge is 2.61. The maximum atomic E-state index is 12.6. The molecule has 3 aliphatic rings. The number of carbonyl (C=O) groups is 2. The average Bonchev–Trinajstić information content (AvgIpc) is 2.98. The van der Waals surface area contributed by atoms with Gasteiger partial charge in [0.25, 0.3) is 0 Å². The summed E-state index contributed by atoms with van der Waals surface area (Å²) in [5.41, 5.74) is 1.13. The molecule has 128 valence electrons. The molecule has 4 rings (SSSR count). The first-order valence-corrected chi connectivity index (χ1v) is 9.13. The van der Waals surface area contributed by atoms with Gasteiger partial charge in [-0.15, -0.1) is 0 Å². The van der Waals surface area contributed by atoms with Crippen molar-refractivity contribution in [2.24, 2.45) is 17.3 Å². The lowest BCUT2D eigenvalue weighted by atomic mass is 10.0. The Hall–Kier alpha value is -1.91. The van der Waals surface area contributed by atoms with Gasteiger partial charge in [0, 0.05) is 49.3 Å². The molecule has 0 aromatic carbocycles. The molecular weight excluding hydrogens is 302 g/mol. The highest BCUT2D eigenvalue weighted by molar-refractivity contribution is 5.84.